The molecule has 0 aromatic heterocycles. The highest BCUT2D eigenvalue weighted by atomic mass is 32.2. The van der Waals surface area contributed by atoms with E-state index < -0.39 is 71.2 Å². The molecule has 0 bridgehead atoms. The first-order chi connectivity index (χ1) is 27.5. The van der Waals surface area contributed by atoms with E-state index in [-0.39, 0.29) is 19.4 Å². The molecule has 1 aliphatic heterocycles. The van der Waals surface area contributed by atoms with Gasteiger partial charge in [0.05, 0.1) is 6.61 Å². The van der Waals surface area contributed by atoms with Crippen LogP contribution < -0.4 is 0 Å². The molecule has 57 heavy (non-hydrogen) atoms. The minimum Gasteiger partial charge on any atom is -0.462 e. The number of esters is 2. The monoisotopic (exact) mass is 833 g/mol. The summed E-state index contributed by atoms with van der Waals surface area (Å²) in [6, 6.07) is 0. The number of carbonyl (C=O) groups excluding carboxylic acids is 2. The van der Waals surface area contributed by atoms with Crippen LogP contribution in [0.5, 0.6) is 0 Å². The molecule has 12 nitrogen and oxygen atoms in total. The highest BCUT2D eigenvalue weighted by Gasteiger charge is 2.46. The largest absolute Gasteiger partial charge is 0.462 e. The third-order valence-corrected chi connectivity index (χ3v) is 11.0. The molecular formula is C44H80O12S. The Hall–Kier alpha value is -1.87. The zero-order valence-corrected chi connectivity index (χ0v) is 36.3. The van der Waals surface area contributed by atoms with Gasteiger partial charge in [0, 0.05) is 12.8 Å². The predicted molar refractivity (Wildman–Crippen MR) is 224 cm³/mol. The Bertz CT molecular complexity index is 1160. The van der Waals surface area contributed by atoms with Crippen molar-refractivity contribution in [3.8, 4) is 0 Å². The Balaban J connectivity index is 2.40. The van der Waals surface area contributed by atoms with E-state index in [9.17, 15) is 37.9 Å². The van der Waals surface area contributed by atoms with E-state index in [0.717, 1.165) is 51.4 Å². The van der Waals surface area contributed by atoms with Crippen LogP contribution in [0.15, 0.2) is 24.3 Å². The Morgan fingerprint density at radius 3 is 1.58 bits per heavy atom. The molecule has 334 valence electrons. The van der Waals surface area contributed by atoms with Gasteiger partial charge < -0.3 is 34.3 Å². The summed E-state index contributed by atoms with van der Waals surface area (Å²) >= 11 is 0. The van der Waals surface area contributed by atoms with Gasteiger partial charge in [-0.15, -0.1) is 0 Å². The minimum absolute atomic E-state index is 0.166. The fraction of sp³-hybridized carbons (Fsp3) is 0.864. The first-order valence-corrected chi connectivity index (χ1v) is 24.0. The number of rotatable bonds is 37. The zero-order valence-electron chi connectivity index (χ0n) is 35.4. The summed E-state index contributed by atoms with van der Waals surface area (Å²) in [5.41, 5.74) is 0. The van der Waals surface area contributed by atoms with Crippen LogP contribution in [0.2, 0.25) is 0 Å². The quantitative estimate of drug-likeness (QED) is 0.0202. The van der Waals surface area contributed by atoms with Crippen molar-refractivity contribution in [1.29, 1.82) is 0 Å². The molecule has 0 amide bonds. The molecular weight excluding hydrogens is 753 g/mol. The SMILES string of the molecule is CCCCC/C=C/C/C=C/CCCCCCCCCCCC(=O)OC[C@H](CO[C@H]1O[C@H](CS(=O)(=O)O)[C@@H](O)C(O)C1O)OC(=O)CCCCCCCCCCCC. The number of hydrogen-bond acceptors (Lipinski definition) is 11. The number of aliphatic hydroxyl groups is 3. The molecule has 0 radical (unpaired) electrons. The van der Waals surface area contributed by atoms with Gasteiger partial charge in [-0.25, -0.2) is 0 Å². The molecule has 0 spiro atoms. The maximum atomic E-state index is 12.7. The molecule has 1 aliphatic rings. The Labute approximate surface area is 345 Å². The molecule has 0 aliphatic carbocycles. The fourth-order valence-corrected chi connectivity index (χ4v) is 7.46. The summed E-state index contributed by atoms with van der Waals surface area (Å²) in [5, 5.41) is 30.8. The van der Waals surface area contributed by atoms with Crippen LogP contribution in [0.25, 0.3) is 0 Å². The van der Waals surface area contributed by atoms with Crippen LogP contribution in [0, 0.1) is 0 Å². The van der Waals surface area contributed by atoms with Crippen molar-refractivity contribution in [3.05, 3.63) is 24.3 Å². The highest BCUT2D eigenvalue weighted by molar-refractivity contribution is 7.85. The first kappa shape index (κ1) is 53.1. The second-order valence-corrected chi connectivity index (χ2v) is 17.2. The van der Waals surface area contributed by atoms with Crippen LogP contribution in [0.3, 0.4) is 0 Å². The lowest BCUT2D eigenvalue weighted by molar-refractivity contribution is -0.297. The summed E-state index contributed by atoms with van der Waals surface area (Å²) in [6.45, 7) is 3.71. The van der Waals surface area contributed by atoms with E-state index in [1.165, 1.54) is 96.3 Å². The van der Waals surface area contributed by atoms with Crippen molar-refractivity contribution in [2.75, 3.05) is 19.0 Å². The van der Waals surface area contributed by atoms with Gasteiger partial charge in [-0.05, 0) is 44.9 Å². The zero-order chi connectivity index (χ0) is 42.0. The fourth-order valence-electron chi connectivity index (χ4n) is 6.77. The molecule has 2 unspecified atom stereocenters. The van der Waals surface area contributed by atoms with Gasteiger partial charge in [-0.3, -0.25) is 14.1 Å². The number of aliphatic hydroxyl groups excluding tert-OH is 3. The molecule has 1 saturated heterocycles. The van der Waals surface area contributed by atoms with Gasteiger partial charge in [0.25, 0.3) is 10.1 Å². The maximum Gasteiger partial charge on any atom is 0.306 e. The van der Waals surface area contributed by atoms with Crippen LogP contribution in [0.4, 0.5) is 0 Å². The number of ether oxygens (including phenoxy) is 4. The standard InChI is InChI=1S/C44H80O12S/c1-3-5-7-9-11-13-15-16-17-18-19-20-21-22-23-25-26-28-30-32-39(45)53-34-37(55-40(46)33-31-29-27-24-14-12-10-8-6-4-2)35-54-44-43(49)42(48)41(47)38(56-44)36-57(50,51)52/h11,13,16-17,37-38,41-44,47-49H,3-10,12,14-15,18-36H2,1-2H3,(H,50,51,52)/b13-11+,17-16+/t37-,38-,41-,42?,43?,44+/m1/s1. The van der Waals surface area contributed by atoms with Crippen LogP contribution in [-0.4, -0.2) is 96.0 Å². The van der Waals surface area contributed by atoms with E-state index in [2.05, 4.69) is 38.2 Å². The molecule has 0 saturated carbocycles. The second-order valence-electron chi connectivity index (χ2n) is 15.7. The van der Waals surface area contributed by atoms with E-state index >= 15 is 0 Å². The van der Waals surface area contributed by atoms with Gasteiger partial charge in [0.15, 0.2) is 12.4 Å². The average Bonchev–Trinajstić information content (AvgIpc) is 3.17. The number of allylic oxidation sites excluding steroid dienone is 4. The minimum atomic E-state index is -4.60. The van der Waals surface area contributed by atoms with Crippen molar-refractivity contribution < 1.29 is 56.8 Å². The summed E-state index contributed by atoms with van der Waals surface area (Å²) in [5.74, 6) is -1.98. The molecule has 1 rings (SSSR count). The van der Waals surface area contributed by atoms with E-state index in [1.54, 1.807) is 0 Å². The second kappa shape index (κ2) is 34.9. The normalized spacial score (nSPS) is 20.7. The number of hydrogen-bond donors (Lipinski definition) is 4. The number of carbonyl (C=O) groups is 2. The lowest BCUT2D eigenvalue weighted by Gasteiger charge is -2.40. The Morgan fingerprint density at radius 2 is 1.05 bits per heavy atom. The molecule has 6 atom stereocenters. The molecule has 0 aromatic rings. The summed E-state index contributed by atoms with van der Waals surface area (Å²) < 4.78 is 54.0. The van der Waals surface area contributed by atoms with Crippen molar-refractivity contribution in [2.24, 2.45) is 0 Å². The topological polar surface area (TPSA) is 186 Å². The van der Waals surface area contributed by atoms with Crippen LogP contribution in [0.1, 0.15) is 187 Å². The Kier molecular flexibility index (Phi) is 32.6. The molecule has 1 fully saturated rings. The Morgan fingerprint density at radius 1 is 0.596 bits per heavy atom. The van der Waals surface area contributed by atoms with E-state index in [1.807, 2.05) is 0 Å². The summed E-state index contributed by atoms with van der Waals surface area (Å²) in [6.07, 6.45) is 28.0. The van der Waals surface area contributed by atoms with Crippen molar-refractivity contribution in [1.82, 2.24) is 0 Å². The third kappa shape index (κ3) is 29.9. The predicted octanol–water partition coefficient (Wildman–Crippen LogP) is 8.84. The molecule has 0 aromatic carbocycles. The summed E-state index contributed by atoms with van der Waals surface area (Å²) in [7, 11) is -4.60. The number of unbranched alkanes of at least 4 members (excludes halogenated alkanes) is 21. The molecule has 13 heteroatoms. The lowest BCUT2D eigenvalue weighted by Crippen LogP contribution is -2.60. The van der Waals surface area contributed by atoms with Gasteiger partial charge in [-0.1, -0.05) is 154 Å². The highest BCUT2D eigenvalue weighted by Crippen LogP contribution is 2.24. The maximum absolute atomic E-state index is 12.7. The lowest BCUT2D eigenvalue weighted by atomic mass is 10.00. The summed E-state index contributed by atoms with van der Waals surface area (Å²) in [4.78, 5) is 25.3. The smallest absolute Gasteiger partial charge is 0.306 e. The van der Waals surface area contributed by atoms with Gasteiger partial charge in [0.2, 0.25) is 0 Å². The van der Waals surface area contributed by atoms with E-state index in [4.69, 9.17) is 18.9 Å². The molecule has 1 heterocycles. The van der Waals surface area contributed by atoms with Gasteiger partial charge >= 0.3 is 11.9 Å². The van der Waals surface area contributed by atoms with Crippen molar-refractivity contribution in [3.63, 3.8) is 0 Å². The third-order valence-electron chi connectivity index (χ3n) is 10.3. The van der Waals surface area contributed by atoms with Gasteiger partial charge in [0.1, 0.15) is 36.8 Å². The van der Waals surface area contributed by atoms with Crippen LogP contribution >= 0.6 is 0 Å². The van der Waals surface area contributed by atoms with Crippen LogP contribution in [-0.2, 0) is 38.7 Å². The molecule has 4 N–H and O–H groups in total. The van der Waals surface area contributed by atoms with Crippen molar-refractivity contribution >= 4 is 22.1 Å². The van der Waals surface area contributed by atoms with E-state index in [0.29, 0.717) is 12.8 Å². The first-order valence-electron chi connectivity index (χ1n) is 22.4. The van der Waals surface area contributed by atoms with Gasteiger partial charge in [-0.2, -0.15) is 8.42 Å². The van der Waals surface area contributed by atoms with Crippen molar-refractivity contribution in [2.45, 2.75) is 224 Å². The average molecular weight is 833 g/mol.